The first-order chi connectivity index (χ1) is 14.5. The first-order valence-corrected chi connectivity index (χ1v) is 10.3. The van der Waals surface area contributed by atoms with Crippen LogP contribution in [-0.4, -0.2) is 35.2 Å². The lowest BCUT2D eigenvalue weighted by Gasteiger charge is -2.36. The van der Waals surface area contributed by atoms with Gasteiger partial charge in [-0.2, -0.15) is 0 Å². The van der Waals surface area contributed by atoms with E-state index in [-0.39, 0.29) is 17.9 Å². The number of nitrogens with zero attached hydrogens (tertiary/aromatic N) is 2. The van der Waals surface area contributed by atoms with Gasteiger partial charge in [-0.1, -0.05) is 23.7 Å². The summed E-state index contributed by atoms with van der Waals surface area (Å²) < 4.78 is 13.4. The van der Waals surface area contributed by atoms with Crippen LogP contribution in [0, 0.1) is 17.7 Å². The molecule has 3 fully saturated rings. The van der Waals surface area contributed by atoms with E-state index in [1.807, 2.05) is 11.0 Å². The summed E-state index contributed by atoms with van der Waals surface area (Å²) in [7, 11) is 0. The summed E-state index contributed by atoms with van der Waals surface area (Å²) in [6.45, 7) is 0.633. The van der Waals surface area contributed by atoms with E-state index in [1.165, 1.54) is 24.3 Å². The van der Waals surface area contributed by atoms with E-state index in [9.17, 15) is 18.8 Å². The van der Waals surface area contributed by atoms with Gasteiger partial charge in [0.25, 0.3) is 5.91 Å². The molecular weight excluding hydrogens is 409 g/mol. The topological polar surface area (TPSA) is 69.7 Å². The largest absolute Gasteiger partial charge is 0.323 e. The Kier molecular flexibility index (Phi) is 3.54. The summed E-state index contributed by atoms with van der Waals surface area (Å²) >= 11 is 6.36. The lowest BCUT2D eigenvalue weighted by molar-refractivity contribution is -0.135. The number of carbonyl (C=O) groups excluding carboxylic acids is 3. The molecule has 3 amide bonds. The van der Waals surface area contributed by atoms with Crippen LogP contribution in [-0.2, 0) is 19.9 Å². The maximum Gasteiger partial charge on any atom is 0.250 e. The van der Waals surface area contributed by atoms with Crippen molar-refractivity contribution in [2.75, 3.05) is 16.8 Å². The average Bonchev–Trinajstić information content (AvgIpc) is 3.42. The normalized spacial score (nSPS) is 32.0. The maximum atomic E-state index is 13.7. The third-order valence-corrected chi connectivity index (χ3v) is 7.38. The average molecular weight is 426 g/mol. The number of hydrogen-bond acceptors (Lipinski definition) is 4. The zero-order valence-corrected chi connectivity index (χ0v) is 16.5. The lowest BCUT2D eigenvalue weighted by atomic mass is 9.75. The Bertz CT molecular complexity index is 1140. The number of anilines is 2. The molecular formula is C22H17ClFN3O3. The van der Waals surface area contributed by atoms with E-state index < -0.39 is 29.1 Å². The molecule has 4 unspecified atom stereocenters. The molecule has 0 aliphatic carbocycles. The summed E-state index contributed by atoms with van der Waals surface area (Å²) in [5.74, 6) is -2.98. The second-order valence-electron chi connectivity index (χ2n) is 8.28. The monoisotopic (exact) mass is 425 g/mol. The van der Waals surface area contributed by atoms with Gasteiger partial charge in [0.2, 0.25) is 11.8 Å². The summed E-state index contributed by atoms with van der Waals surface area (Å²) in [5, 5.41) is 3.28. The van der Waals surface area contributed by atoms with Crippen molar-refractivity contribution in [3.05, 3.63) is 58.9 Å². The fourth-order valence-corrected chi connectivity index (χ4v) is 6.26. The van der Waals surface area contributed by atoms with Crippen molar-refractivity contribution in [2.45, 2.75) is 24.4 Å². The lowest BCUT2D eigenvalue weighted by Crippen LogP contribution is -2.54. The molecule has 0 radical (unpaired) electrons. The van der Waals surface area contributed by atoms with Gasteiger partial charge < -0.3 is 5.32 Å². The van der Waals surface area contributed by atoms with Gasteiger partial charge in [-0.05, 0) is 49.7 Å². The Morgan fingerprint density at radius 2 is 1.83 bits per heavy atom. The second kappa shape index (κ2) is 5.89. The van der Waals surface area contributed by atoms with E-state index >= 15 is 0 Å². The number of para-hydroxylation sites is 1. The van der Waals surface area contributed by atoms with Crippen molar-refractivity contribution in [3.8, 4) is 0 Å². The van der Waals surface area contributed by atoms with E-state index in [2.05, 4.69) is 5.32 Å². The van der Waals surface area contributed by atoms with Crippen molar-refractivity contribution < 1.29 is 18.8 Å². The minimum Gasteiger partial charge on any atom is -0.323 e. The molecule has 4 heterocycles. The predicted molar refractivity (Wildman–Crippen MR) is 107 cm³/mol. The molecule has 0 bridgehead atoms. The zero-order chi connectivity index (χ0) is 20.8. The number of carbonyl (C=O) groups is 3. The van der Waals surface area contributed by atoms with Crippen LogP contribution in [0.5, 0.6) is 0 Å². The Hall–Kier alpha value is -2.77. The molecule has 6 nitrogen and oxygen atoms in total. The fraction of sp³-hybridized carbons (Fsp3) is 0.318. The van der Waals surface area contributed by atoms with Crippen LogP contribution < -0.4 is 10.2 Å². The van der Waals surface area contributed by atoms with Crippen molar-refractivity contribution in [1.82, 2.24) is 4.90 Å². The van der Waals surface area contributed by atoms with E-state index in [1.54, 1.807) is 12.1 Å². The molecule has 1 spiro atoms. The Labute approximate surface area is 176 Å². The third-order valence-electron chi connectivity index (χ3n) is 7.06. The van der Waals surface area contributed by atoms with Crippen LogP contribution in [0.2, 0.25) is 5.02 Å². The summed E-state index contributed by atoms with van der Waals surface area (Å²) in [6.07, 6.45) is 1.58. The molecule has 2 aromatic rings. The minimum atomic E-state index is -1.26. The van der Waals surface area contributed by atoms with Gasteiger partial charge in [0.15, 0.2) is 0 Å². The summed E-state index contributed by atoms with van der Waals surface area (Å²) in [4.78, 5) is 43.8. The molecule has 4 atom stereocenters. The van der Waals surface area contributed by atoms with Gasteiger partial charge in [0, 0.05) is 11.6 Å². The molecule has 2 aromatic carbocycles. The van der Waals surface area contributed by atoms with Gasteiger partial charge in [-0.3, -0.25) is 19.3 Å². The molecule has 8 heteroatoms. The van der Waals surface area contributed by atoms with Gasteiger partial charge in [-0.25, -0.2) is 9.29 Å². The first kappa shape index (κ1) is 18.0. The van der Waals surface area contributed by atoms with Gasteiger partial charge >= 0.3 is 0 Å². The van der Waals surface area contributed by atoms with Crippen molar-refractivity contribution >= 4 is 40.7 Å². The van der Waals surface area contributed by atoms with Gasteiger partial charge in [0.05, 0.1) is 28.2 Å². The van der Waals surface area contributed by atoms with E-state index in [0.29, 0.717) is 28.5 Å². The number of nitrogens with one attached hydrogen (secondary N) is 1. The Morgan fingerprint density at radius 1 is 1.07 bits per heavy atom. The highest BCUT2D eigenvalue weighted by Crippen LogP contribution is 2.61. The van der Waals surface area contributed by atoms with Crippen molar-refractivity contribution in [1.29, 1.82) is 0 Å². The molecule has 0 aromatic heterocycles. The van der Waals surface area contributed by atoms with Crippen molar-refractivity contribution in [2.24, 2.45) is 11.8 Å². The van der Waals surface area contributed by atoms with Gasteiger partial charge in [-0.15, -0.1) is 0 Å². The minimum absolute atomic E-state index is 0.201. The zero-order valence-electron chi connectivity index (χ0n) is 15.8. The first-order valence-electron chi connectivity index (χ1n) is 9.97. The maximum absolute atomic E-state index is 13.7. The third kappa shape index (κ3) is 1.95. The van der Waals surface area contributed by atoms with E-state index in [0.717, 1.165) is 17.7 Å². The SMILES string of the molecule is O=C1C2C3CCCN3C3(C(=O)Nc4c(Cl)cccc43)C2C(=O)N1c1ccc(F)cc1. The van der Waals surface area contributed by atoms with Crippen LogP contribution >= 0.6 is 11.6 Å². The number of imide groups is 1. The highest BCUT2D eigenvalue weighted by atomic mass is 35.5. The number of amides is 3. The number of rotatable bonds is 1. The van der Waals surface area contributed by atoms with Crippen LogP contribution in [0.15, 0.2) is 42.5 Å². The van der Waals surface area contributed by atoms with Crippen molar-refractivity contribution in [3.63, 3.8) is 0 Å². The summed E-state index contributed by atoms with van der Waals surface area (Å²) in [5.41, 5.74) is 0.232. The number of benzene rings is 2. The molecule has 152 valence electrons. The molecule has 4 aliphatic rings. The number of halogens is 2. The molecule has 3 saturated heterocycles. The molecule has 4 aliphatic heterocycles. The van der Waals surface area contributed by atoms with Gasteiger partial charge in [0.1, 0.15) is 11.4 Å². The fourth-order valence-electron chi connectivity index (χ4n) is 6.04. The van der Waals surface area contributed by atoms with Crippen LogP contribution in [0.25, 0.3) is 0 Å². The molecule has 1 N–H and O–H groups in total. The van der Waals surface area contributed by atoms with Crippen LogP contribution in [0.4, 0.5) is 15.8 Å². The highest BCUT2D eigenvalue weighted by Gasteiger charge is 2.74. The second-order valence-corrected chi connectivity index (χ2v) is 8.68. The molecule has 30 heavy (non-hydrogen) atoms. The Morgan fingerprint density at radius 3 is 2.60 bits per heavy atom. The molecule has 6 rings (SSSR count). The molecule has 0 saturated carbocycles. The van der Waals surface area contributed by atoms with Crippen LogP contribution in [0.1, 0.15) is 18.4 Å². The summed E-state index contributed by atoms with van der Waals surface area (Å²) in [6, 6.07) is 10.4. The number of hydrogen-bond donors (Lipinski definition) is 1. The smallest absolute Gasteiger partial charge is 0.250 e. The van der Waals surface area contributed by atoms with Crippen LogP contribution in [0.3, 0.4) is 0 Å². The van der Waals surface area contributed by atoms with E-state index in [4.69, 9.17) is 11.6 Å². The Balaban J connectivity index is 1.56. The quantitative estimate of drug-likeness (QED) is 0.713. The number of fused-ring (bicyclic) bond motifs is 7. The highest BCUT2D eigenvalue weighted by molar-refractivity contribution is 6.35. The predicted octanol–water partition coefficient (Wildman–Crippen LogP) is 2.91. The standard InChI is InChI=1S/C22H17ClFN3O3/c23-14-4-1-3-13-18(14)25-21(30)22(13)17-16(15-5-2-10-26(15)22)19(28)27(20(17)29)12-8-6-11(24)7-9-12/h1,3-4,6-9,15-17H,2,5,10H2,(H,25,30).